The topological polar surface area (TPSA) is 21.3 Å². The van der Waals surface area contributed by atoms with Gasteiger partial charge in [-0.3, -0.25) is 0 Å². The van der Waals surface area contributed by atoms with E-state index in [1.807, 2.05) is 23.5 Å². The highest BCUT2D eigenvalue weighted by Gasteiger charge is 2.22. The van der Waals surface area contributed by atoms with E-state index in [4.69, 9.17) is 4.42 Å². The number of aromatic nitrogens is 1. The number of furan rings is 1. The molecular formula is C46H28N2OS. The van der Waals surface area contributed by atoms with Gasteiger partial charge in [0.1, 0.15) is 11.2 Å². The van der Waals surface area contributed by atoms with Crippen LogP contribution in [-0.4, -0.2) is 4.57 Å². The van der Waals surface area contributed by atoms with Gasteiger partial charge in [-0.15, -0.1) is 11.3 Å². The van der Waals surface area contributed by atoms with Crippen molar-refractivity contribution < 1.29 is 4.42 Å². The molecular weight excluding hydrogens is 629 g/mol. The zero-order valence-electron chi connectivity index (χ0n) is 26.9. The predicted octanol–water partition coefficient (Wildman–Crippen LogP) is 13.7. The number of hydrogen-bond donors (Lipinski definition) is 0. The summed E-state index contributed by atoms with van der Waals surface area (Å²) in [4.78, 5) is 2.40. The van der Waals surface area contributed by atoms with Crippen LogP contribution in [-0.2, 0) is 0 Å². The molecule has 11 rings (SSSR count). The Hall–Kier alpha value is -6.36. The van der Waals surface area contributed by atoms with Gasteiger partial charge in [0.2, 0.25) is 0 Å². The zero-order valence-corrected chi connectivity index (χ0v) is 27.7. The van der Waals surface area contributed by atoms with Crippen LogP contribution in [0.25, 0.3) is 80.4 Å². The van der Waals surface area contributed by atoms with E-state index in [1.54, 1.807) is 0 Å². The molecule has 0 radical (unpaired) electrons. The first-order valence-electron chi connectivity index (χ1n) is 16.9. The molecule has 234 valence electrons. The van der Waals surface area contributed by atoms with Gasteiger partial charge in [0.15, 0.2) is 0 Å². The van der Waals surface area contributed by atoms with Crippen molar-refractivity contribution in [2.45, 2.75) is 0 Å². The number of fused-ring (bicyclic) bond motifs is 10. The van der Waals surface area contributed by atoms with E-state index >= 15 is 0 Å². The Morgan fingerprint density at radius 1 is 0.440 bits per heavy atom. The number of nitrogens with zero attached hydrogens (tertiary/aromatic N) is 2. The van der Waals surface area contributed by atoms with Gasteiger partial charge in [0, 0.05) is 64.8 Å². The van der Waals surface area contributed by atoms with Crippen LogP contribution in [0, 0.1) is 0 Å². The molecule has 3 nitrogen and oxygen atoms in total. The van der Waals surface area contributed by atoms with Crippen LogP contribution < -0.4 is 4.90 Å². The van der Waals surface area contributed by atoms with Crippen LogP contribution in [0.1, 0.15) is 0 Å². The second kappa shape index (κ2) is 10.6. The van der Waals surface area contributed by atoms with E-state index in [9.17, 15) is 0 Å². The summed E-state index contributed by atoms with van der Waals surface area (Å²) < 4.78 is 11.5. The van der Waals surface area contributed by atoms with Crippen molar-refractivity contribution in [2.24, 2.45) is 0 Å². The molecule has 0 aliphatic rings. The van der Waals surface area contributed by atoms with E-state index in [2.05, 4.69) is 167 Å². The normalized spacial score (nSPS) is 12.0. The second-order valence-electron chi connectivity index (χ2n) is 13.0. The van der Waals surface area contributed by atoms with E-state index in [0.29, 0.717) is 0 Å². The molecule has 0 spiro atoms. The van der Waals surface area contributed by atoms with Crippen LogP contribution in [0.3, 0.4) is 0 Å². The molecule has 0 N–H and O–H groups in total. The number of benzene rings is 8. The minimum absolute atomic E-state index is 0.872. The van der Waals surface area contributed by atoms with E-state index in [-0.39, 0.29) is 0 Å². The number of hydrogen-bond acceptors (Lipinski definition) is 3. The third-order valence-corrected chi connectivity index (χ3v) is 11.3. The summed E-state index contributed by atoms with van der Waals surface area (Å²) in [7, 11) is 0. The maximum atomic E-state index is 6.46. The maximum Gasteiger partial charge on any atom is 0.137 e. The summed E-state index contributed by atoms with van der Waals surface area (Å²) in [5.41, 5.74) is 8.46. The first kappa shape index (κ1) is 27.6. The lowest BCUT2D eigenvalue weighted by molar-refractivity contribution is 0.669. The van der Waals surface area contributed by atoms with Crippen molar-refractivity contribution in [2.75, 3.05) is 4.90 Å². The fourth-order valence-electron chi connectivity index (χ4n) is 7.90. The molecule has 0 bridgehead atoms. The number of rotatable bonds is 4. The SMILES string of the molecule is c1ccc(-n2c3ccccc3c3cccc(N(c4ccc5cc6c(cc5c4)sc4ccccc46)c4ccc5c(c4)oc4ccccc45)c32)cc1. The van der Waals surface area contributed by atoms with Crippen LogP contribution >= 0.6 is 11.3 Å². The Morgan fingerprint density at radius 2 is 1.16 bits per heavy atom. The largest absolute Gasteiger partial charge is 0.456 e. The van der Waals surface area contributed by atoms with Gasteiger partial charge in [0.25, 0.3) is 0 Å². The minimum atomic E-state index is 0.872. The third-order valence-electron chi connectivity index (χ3n) is 10.1. The van der Waals surface area contributed by atoms with Crippen molar-refractivity contribution in [3.63, 3.8) is 0 Å². The number of anilines is 3. The highest BCUT2D eigenvalue weighted by atomic mass is 32.1. The molecule has 3 heterocycles. The van der Waals surface area contributed by atoms with Crippen LogP contribution in [0.15, 0.2) is 174 Å². The van der Waals surface area contributed by atoms with E-state index in [1.165, 1.54) is 47.2 Å². The van der Waals surface area contributed by atoms with Gasteiger partial charge in [-0.2, -0.15) is 0 Å². The van der Waals surface area contributed by atoms with Crippen molar-refractivity contribution in [1.82, 2.24) is 4.57 Å². The number of thiophene rings is 1. The molecule has 0 amide bonds. The average molecular weight is 657 g/mol. The predicted molar refractivity (Wildman–Crippen MR) is 213 cm³/mol. The summed E-state index contributed by atoms with van der Waals surface area (Å²) >= 11 is 1.86. The first-order valence-corrected chi connectivity index (χ1v) is 17.7. The standard InChI is InChI=1S/C46H28N2OS/c1-2-11-31(12-3-1)48-40-17-7-4-13-34(40)38-16-10-18-41(46(38)48)47(33-23-24-36-35-14-5-8-19-42(35)49-43(36)28-33)32-22-21-29-26-39-37-15-6-9-20-44(37)50-45(39)27-30(29)25-32/h1-28H. The van der Waals surface area contributed by atoms with Crippen LogP contribution in [0.5, 0.6) is 0 Å². The van der Waals surface area contributed by atoms with Gasteiger partial charge < -0.3 is 13.9 Å². The summed E-state index contributed by atoms with van der Waals surface area (Å²) in [6.07, 6.45) is 0. The Labute approximate surface area is 291 Å². The molecule has 0 aliphatic carbocycles. The molecule has 11 aromatic rings. The van der Waals surface area contributed by atoms with E-state index < -0.39 is 0 Å². The van der Waals surface area contributed by atoms with Crippen molar-refractivity contribution in [1.29, 1.82) is 0 Å². The van der Waals surface area contributed by atoms with Crippen LogP contribution in [0.2, 0.25) is 0 Å². The summed E-state index contributed by atoms with van der Waals surface area (Å²) in [6.45, 7) is 0. The molecule has 0 saturated carbocycles. The van der Waals surface area contributed by atoms with Gasteiger partial charge in [0.05, 0.1) is 16.7 Å². The summed E-state index contributed by atoms with van der Waals surface area (Å²) in [5.74, 6) is 0. The Morgan fingerprint density at radius 3 is 2.08 bits per heavy atom. The highest BCUT2D eigenvalue weighted by Crippen LogP contribution is 2.46. The maximum absolute atomic E-state index is 6.46. The fraction of sp³-hybridized carbons (Fsp3) is 0. The van der Waals surface area contributed by atoms with Gasteiger partial charge >= 0.3 is 0 Å². The first-order chi connectivity index (χ1) is 24.8. The Bertz CT molecular complexity index is 3110. The fourth-order valence-corrected chi connectivity index (χ4v) is 9.04. The van der Waals surface area contributed by atoms with E-state index in [0.717, 1.165) is 50.2 Å². The van der Waals surface area contributed by atoms with Crippen molar-refractivity contribution >= 4 is 103 Å². The molecule has 4 heteroatoms. The molecule has 0 saturated heterocycles. The molecule has 50 heavy (non-hydrogen) atoms. The monoisotopic (exact) mass is 656 g/mol. The second-order valence-corrected chi connectivity index (χ2v) is 14.0. The van der Waals surface area contributed by atoms with Crippen molar-refractivity contribution in [3.05, 3.63) is 170 Å². The zero-order chi connectivity index (χ0) is 32.8. The summed E-state index contributed by atoms with van der Waals surface area (Å²) in [5, 5.41) is 9.77. The van der Waals surface area contributed by atoms with Gasteiger partial charge in [-0.05, 0) is 83.6 Å². The Kier molecular flexibility index (Phi) is 5.83. The minimum Gasteiger partial charge on any atom is -0.456 e. The van der Waals surface area contributed by atoms with Gasteiger partial charge in [-0.1, -0.05) is 91.0 Å². The molecule has 0 aliphatic heterocycles. The molecule has 3 aromatic heterocycles. The molecule has 0 unspecified atom stereocenters. The summed E-state index contributed by atoms with van der Waals surface area (Å²) in [6, 6.07) is 61.3. The third kappa shape index (κ3) is 4.03. The van der Waals surface area contributed by atoms with Gasteiger partial charge in [-0.25, -0.2) is 0 Å². The quantitative estimate of drug-likeness (QED) is 0.188. The highest BCUT2D eigenvalue weighted by molar-refractivity contribution is 7.25. The van der Waals surface area contributed by atoms with Crippen LogP contribution in [0.4, 0.5) is 17.1 Å². The van der Waals surface area contributed by atoms with Crippen molar-refractivity contribution in [3.8, 4) is 5.69 Å². The lowest BCUT2D eigenvalue weighted by Gasteiger charge is -2.27. The average Bonchev–Trinajstić information content (AvgIpc) is 3.83. The lowest BCUT2D eigenvalue weighted by Crippen LogP contribution is -2.11. The lowest BCUT2D eigenvalue weighted by atomic mass is 10.0. The smallest absolute Gasteiger partial charge is 0.137 e. The number of para-hydroxylation sites is 4. The molecule has 8 aromatic carbocycles. The molecule has 0 fully saturated rings. The Balaban J connectivity index is 1.22. The molecule has 0 atom stereocenters.